The molecule has 0 N–H and O–H groups in total. The molecule has 3 aromatic rings. The highest BCUT2D eigenvalue weighted by Gasteiger charge is 2.30. The van der Waals surface area contributed by atoms with E-state index in [4.69, 9.17) is 27.6 Å². The van der Waals surface area contributed by atoms with Gasteiger partial charge in [0.25, 0.3) is 0 Å². The van der Waals surface area contributed by atoms with Crippen molar-refractivity contribution in [1.29, 1.82) is 0 Å². The molecule has 0 saturated heterocycles. The van der Waals surface area contributed by atoms with E-state index in [-0.39, 0.29) is 0 Å². The van der Waals surface area contributed by atoms with Gasteiger partial charge in [0.15, 0.2) is 5.16 Å². The van der Waals surface area contributed by atoms with Crippen LogP contribution in [0.25, 0.3) is 0 Å². The number of aromatic nitrogens is 3. The third kappa shape index (κ3) is 3.34. The molecule has 0 bridgehead atoms. The molecule has 1 saturated carbocycles. The SMILES string of the molecule is Clc1cccc(Cl)c1CSc1nnc(C2CC2)n1Cc1ccco1. The first kappa shape index (κ1) is 16.1. The van der Waals surface area contributed by atoms with Crippen LogP contribution in [0.3, 0.4) is 0 Å². The van der Waals surface area contributed by atoms with Crippen LogP contribution >= 0.6 is 35.0 Å². The molecule has 0 spiro atoms. The second-order valence-corrected chi connectivity index (χ2v) is 7.53. The summed E-state index contributed by atoms with van der Waals surface area (Å²) < 4.78 is 7.63. The molecular formula is C17H15Cl2N3OS. The van der Waals surface area contributed by atoms with E-state index in [1.54, 1.807) is 18.0 Å². The standard InChI is InChI=1S/C17H15Cl2N3OS/c18-14-4-1-5-15(19)13(14)10-24-17-21-20-16(11-6-7-11)22(17)9-12-3-2-8-23-12/h1-5,8,11H,6-7,9-10H2. The monoisotopic (exact) mass is 379 g/mol. The maximum atomic E-state index is 6.26. The second-order valence-electron chi connectivity index (χ2n) is 5.77. The summed E-state index contributed by atoms with van der Waals surface area (Å²) in [6, 6.07) is 9.42. The predicted molar refractivity (Wildman–Crippen MR) is 95.8 cm³/mol. The molecule has 1 aromatic carbocycles. The van der Waals surface area contributed by atoms with E-state index in [2.05, 4.69) is 14.8 Å². The van der Waals surface area contributed by atoms with Crippen molar-refractivity contribution in [1.82, 2.24) is 14.8 Å². The van der Waals surface area contributed by atoms with Gasteiger partial charge in [-0.05, 0) is 42.7 Å². The van der Waals surface area contributed by atoms with Gasteiger partial charge in [0.05, 0.1) is 12.8 Å². The van der Waals surface area contributed by atoms with Gasteiger partial charge in [-0.25, -0.2) is 0 Å². The van der Waals surface area contributed by atoms with E-state index in [0.717, 1.165) is 22.3 Å². The van der Waals surface area contributed by atoms with Crippen molar-refractivity contribution >= 4 is 35.0 Å². The lowest BCUT2D eigenvalue weighted by Gasteiger charge is -2.09. The Morgan fingerprint density at radius 1 is 1.12 bits per heavy atom. The first-order valence-corrected chi connectivity index (χ1v) is 9.47. The topological polar surface area (TPSA) is 43.9 Å². The van der Waals surface area contributed by atoms with Gasteiger partial charge >= 0.3 is 0 Å². The first-order chi connectivity index (χ1) is 11.7. The highest BCUT2D eigenvalue weighted by molar-refractivity contribution is 7.98. The summed E-state index contributed by atoms with van der Waals surface area (Å²) in [6.45, 7) is 0.643. The Kier molecular flexibility index (Phi) is 4.57. The van der Waals surface area contributed by atoms with E-state index in [1.165, 1.54) is 12.8 Å². The van der Waals surface area contributed by atoms with Crippen molar-refractivity contribution in [2.75, 3.05) is 0 Å². The van der Waals surface area contributed by atoms with Gasteiger partial charge < -0.3 is 4.42 Å². The lowest BCUT2D eigenvalue weighted by atomic mass is 10.2. The van der Waals surface area contributed by atoms with E-state index < -0.39 is 0 Å². The van der Waals surface area contributed by atoms with Crippen LogP contribution in [0.15, 0.2) is 46.2 Å². The van der Waals surface area contributed by atoms with Crippen molar-refractivity contribution in [3.05, 3.63) is 63.8 Å². The summed E-state index contributed by atoms with van der Waals surface area (Å²) in [4.78, 5) is 0. The molecule has 0 radical (unpaired) electrons. The van der Waals surface area contributed by atoms with Crippen LogP contribution in [0, 0.1) is 0 Å². The minimum Gasteiger partial charge on any atom is -0.467 e. The summed E-state index contributed by atoms with van der Waals surface area (Å²) in [5.74, 6) is 3.11. The smallest absolute Gasteiger partial charge is 0.191 e. The van der Waals surface area contributed by atoms with E-state index in [1.807, 2.05) is 30.3 Å². The molecule has 0 unspecified atom stereocenters. The molecule has 7 heteroatoms. The fourth-order valence-electron chi connectivity index (χ4n) is 2.56. The van der Waals surface area contributed by atoms with Crippen molar-refractivity contribution in [3.63, 3.8) is 0 Å². The molecule has 1 fully saturated rings. The van der Waals surface area contributed by atoms with Crippen molar-refractivity contribution in [2.24, 2.45) is 0 Å². The van der Waals surface area contributed by atoms with Crippen molar-refractivity contribution in [2.45, 2.75) is 36.2 Å². The number of rotatable bonds is 6. The largest absolute Gasteiger partial charge is 0.467 e. The lowest BCUT2D eigenvalue weighted by molar-refractivity contribution is 0.478. The third-order valence-corrected chi connectivity index (χ3v) is 5.69. The molecule has 2 aromatic heterocycles. The van der Waals surface area contributed by atoms with Crippen molar-refractivity contribution in [3.8, 4) is 0 Å². The normalized spacial score (nSPS) is 14.2. The number of furan rings is 1. The van der Waals surface area contributed by atoms with E-state index in [0.29, 0.717) is 28.3 Å². The van der Waals surface area contributed by atoms with E-state index >= 15 is 0 Å². The van der Waals surface area contributed by atoms with Crippen LogP contribution in [-0.4, -0.2) is 14.8 Å². The Bertz CT molecular complexity index is 823. The van der Waals surface area contributed by atoms with Crippen LogP contribution < -0.4 is 0 Å². The van der Waals surface area contributed by atoms with Crippen LogP contribution in [0.2, 0.25) is 10.0 Å². The highest BCUT2D eigenvalue weighted by Crippen LogP contribution is 2.41. The number of hydrogen-bond donors (Lipinski definition) is 0. The Hall–Kier alpha value is -1.43. The zero-order chi connectivity index (χ0) is 16.5. The molecule has 0 amide bonds. The molecular weight excluding hydrogens is 365 g/mol. The van der Waals surface area contributed by atoms with Crippen molar-refractivity contribution < 1.29 is 4.42 Å². The fourth-order valence-corrected chi connectivity index (χ4v) is 4.25. The van der Waals surface area contributed by atoms with E-state index in [9.17, 15) is 0 Å². The maximum Gasteiger partial charge on any atom is 0.191 e. The quantitative estimate of drug-likeness (QED) is 0.538. The molecule has 4 rings (SSSR count). The molecule has 124 valence electrons. The predicted octanol–water partition coefficient (Wildman–Crippen LogP) is 5.40. The molecule has 4 nitrogen and oxygen atoms in total. The van der Waals surface area contributed by atoms with Gasteiger partial charge in [0, 0.05) is 21.7 Å². The summed E-state index contributed by atoms with van der Waals surface area (Å²) in [7, 11) is 0. The summed E-state index contributed by atoms with van der Waals surface area (Å²) in [6.07, 6.45) is 4.04. The van der Waals surface area contributed by atoms with Gasteiger partial charge in [-0.3, -0.25) is 4.57 Å². The summed E-state index contributed by atoms with van der Waals surface area (Å²) in [5, 5.41) is 11.0. The summed E-state index contributed by atoms with van der Waals surface area (Å²) >= 11 is 14.1. The van der Waals surface area contributed by atoms with Gasteiger partial charge in [-0.2, -0.15) is 0 Å². The Morgan fingerprint density at radius 2 is 1.92 bits per heavy atom. The van der Waals surface area contributed by atoms with Crippen LogP contribution in [0.4, 0.5) is 0 Å². The molecule has 0 aliphatic heterocycles. The average Bonchev–Trinajstić information content (AvgIpc) is 3.13. The molecule has 0 atom stereocenters. The number of benzene rings is 1. The molecule has 1 aliphatic carbocycles. The number of hydrogen-bond acceptors (Lipinski definition) is 4. The maximum absolute atomic E-state index is 6.26. The Labute approximate surface area is 154 Å². The molecule has 2 heterocycles. The van der Waals surface area contributed by atoms with Crippen LogP contribution in [0.1, 0.15) is 35.9 Å². The summed E-state index contributed by atoms with van der Waals surface area (Å²) in [5.41, 5.74) is 0.923. The zero-order valence-electron chi connectivity index (χ0n) is 12.8. The van der Waals surface area contributed by atoms with Crippen LogP contribution in [0.5, 0.6) is 0 Å². The third-order valence-electron chi connectivity index (χ3n) is 3.99. The number of nitrogens with zero attached hydrogens (tertiary/aromatic N) is 3. The average molecular weight is 380 g/mol. The lowest BCUT2D eigenvalue weighted by Crippen LogP contribution is -2.05. The molecule has 24 heavy (non-hydrogen) atoms. The fraction of sp³-hybridized carbons (Fsp3) is 0.294. The number of halogens is 2. The van der Waals surface area contributed by atoms with Crippen LogP contribution in [-0.2, 0) is 12.3 Å². The van der Waals surface area contributed by atoms with Gasteiger partial charge in [0.2, 0.25) is 0 Å². The first-order valence-electron chi connectivity index (χ1n) is 7.73. The Balaban J connectivity index is 1.58. The minimum absolute atomic E-state index is 0.519. The minimum atomic E-state index is 0.519. The van der Waals surface area contributed by atoms with Gasteiger partial charge in [-0.15, -0.1) is 10.2 Å². The van der Waals surface area contributed by atoms with Gasteiger partial charge in [0.1, 0.15) is 11.6 Å². The highest BCUT2D eigenvalue weighted by atomic mass is 35.5. The second kappa shape index (κ2) is 6.82. The van der Waals surface area contributed by atoms with Gasteiger partial charge in [-0.1, -0.05) is 41.0 Å². The Morgan fingerprint density at radius 3 is 2.58 bits per heavy atom. The number of thioether (sulfide) groups is 1. The molecule has 1 aliphatic rings. The zero-order valence-corrected chi connectivity index (χ0v) is 15.1.